The van der Waals surface area contributed by atoms with Crippen LogP contribution in [0.3, 0.4) is 0 Å². The van der Waals surface area contributed by atoms with Crippen LogP contribution in [-0.2, 0) is 19.6 Å². The number of halogens is 4. The first kappa shape index (κ1) is 38.5. The summed E-state index contributed by atoms with van der Waals surface area (Å²) in [4.78, 5) is 27.9. The third kappa shape index (κ3) is 11.3. The molecule has 0 radical (unpaired) electrons. The number of alkyl halides is 3. The zero-order chi connectivity index (χ0) is 34.9. The van der Waals surface area contributed by atoms with Crippen LogP contribution < -0.4 is 10.1 Å². The van der Waals surface area contributed by atoms with Crippen LogP contribution in [-0.4, -0.2) is 92.3 Å². The number of amides is 2. The van der Waals surface area contributed by atoms with Crippen LogP contribution in [0.4, 0.5) is 18.9 Å². The first-order chi connectivity index (χ1) is 22.0. The SMILES string of the molecule is C[C@@H]1CN([C@@H](C)CO)C(=O)c2cc(NC(=O)CCC(F)(F)F)ccc2O[C@@H](C)CCCCO[C@@H]1CN(C)S(=O)(=O)c1ccc(Cl)cc1. The molecular formula is C32H43ClF3N3O7S. The van der Waals surface area contributed by atoms with Crippen molar-refractivity contribution in [1.82, 2.24) is 9.21 Å². The van der Waals surface area contributed by atoms with Gasteiger partial charge in [0.1, 0.15) is 5.75 Å². The number of ether oxygens (including phenoxy) is 2. The molecular weight excluding hydrogens is 663 g/mol. The maximum atomic E-state index is 14.2. The van der Waals surface area contributed by atoms with Gasteiger partial charge in [-0.1, -0.05) is 18.5 Å². The molecule has 47 heavy (non-hydrogen) atoms. The first-order valence-corrected chi connectivity index (χ1v) is 17.3. The van der Waals surface area contributed by atoms with E-state index in [1.807, 2.05) is 13.8 Å². The molecule has 0 bridgehead atoms. The number of carbonyl (C=O) groups excluding carboxylic acids is 2. The molecule has 0 saturated heterocycles. The number of nitrogens with zero attached hydrogens (tertiary/aromatic N) is 2. The summed E-state index contributed by atoms with van der Waals surface area (Å²) in [6.45, 7) is 5.28. The Hall–Kier alpha value is -2.91. The molecule has 2 aromatic carbocycles. The van der Waals surface area contributed by atoms with Crippen molar-refractivity contribution in [3.8, 4) is 5.75 Å². The van der Waals surface area contributed by atoms with E-state index in [2.05, 4.69) is 5.32 Å². The van der Waals surface area contributed by atoms with E-state index in [0.29, 0.717) is 30.9 Å². The monoisotopic (exact) mass is 705 g/mol. The molecule has 15 heteroatoms. The average Bonchev–Trinajstić information content (AvgIpc) is 3.01. The third-order valence-electron chi connectivity index (χ3n) is 7.93. The molecule has 0 saturated carbocycles. The highest BCUT2D eigenvalue weighted by Crippen LogP contribution is 2.29. The summed E-state index contributed by atoms with van der Waals surface area (Å²) in [5, 5.41) is 12.9. The minimum Gasteiger partial charge on any atom is -0.490 e. The lowest BCUT2D eigenvalue weighted by molar-refractivity contribution is -0.142. The molecule has 262 valence electrons. The summed E-state index contributed by atoms with van der Waals surface area (Å²) < 4.78 is 78.2. The lowest BCUT2D eigenvalue weighted by Crippen LogP contribution is -2.48. The molecule has 0 aliphatic carbocycles. The van der Waals surface area contributed by atoms with Crippen LogP contribution in [0.2, 0.25) is 5.02 Å². The quantitative estimate of drug-likeness (QED) is 0.341. The fraction of sp³-hybridized carbons (Fsp3) is 0.562. The number of likely N-dealkylation sites (N-methyl/N-ethyl adjacent to an activating group) is 1. The highest BCUT2D eigenvalue weighted by atomic mass is 35.5. The van der Waals surface area contributed by atoms with E-state index in [9.17, 15) is 36.3 Å². The number of hydrogen-bond acceptors (Lipinski definition) is 7. The molecule has 3 rings (SSSR count). The van der Waals surface area contributed by atoms with Crippen molar-refractivity contribution in [3.63, 3.8) is 0 Å². The van der Waals surface area contributed by atoms with Crippen LogP contribution in [0.25, 0.3) is 0 Å². The number of rotatable bonds is 9. The van der Waals surface area contributed by atoms with Gasteiger partial charge in [0, 0.05) is 49.8 Å². The van der Waals surface area contributed by atoms with Crippen LogP contribution in [0.15, 0.2) is 47.4 Å². The highest BCUT2D eigenvalue weighted by molar-refractivity contribution is 7.89. The minimum atomic E-state index is -4.50. The predicted octanol–water partition coefficient (Wildman–Crippen LogP) is 5.74. The van der Waals surface area contributed by atoms with E-state index in [0.717, 1.165) is 0 Å². The van der Waals surface area contributed by atoms with Gasteiger partial charge in [-0.2, -0.15) is 17.5 Å². The molecule has 0 spiro atoms. The van der Waals surface area contributed by atoms with Crippen LogP contribution in [0, 0.1) is 5.92 Å². The van der Waals surface area contributed by atoms with Crippen LogP contribution >= 0.6 is 11.6 Å². The van der Waals surface area contributed by atoms with E-state index >= 15 is 0 Å². The van der Waals surface area contributed by atoms with E-state index in [-0.39, 0.29) is 41.1 Å². The number of sulfonamides is 1. The lowest BCUT2D eigenvalue weighted by Gasteiger charge is -2.35. The second-order valence-electron chi connectivity index (χ2n) is 11.9. The standard InChI is InChI=1S/C32H43ClF3N3O7S/c1-21-18-39(22(2)20-40)31(42)27-17-25(37-30(41)14-15-32(34,35)36)10-13-28(27)46-23(3)7-5-6-16-45-29(21)19-38(4)47(43,44)26-11-8-24(33)9-12-26/h8-13,17,21-23,29,40H,5-7,14-16,18-20H2,1-4H3,(H,37,41)/t21-,22+,23+,29-/m1/s1. The Morgan fingerprint density at radius 3 is 2.49 bits per heavy atom. The first-order valence-electron chi connectivity index (χ1n) is 15.4. The van der Waals surface area contributed by atoms with Gasteiger partial charge in [-0.05, 0) is 75.6 Å². The number of fused-ring (bicyclic) bond motifs is 1. The van der Waals surface area contributed by atoms with Gasteiger partial charge >= 0.3 is 6.18 Å². The fourth-order valence-electron chi connectivity index (χ4n) is 5.08. The Kier molecular flexibility index (Phi) is 13.9. The lowest BCUT2D eigenvalue weighted by atomic mass is 10.0. The van der Waals surface area contributed by atoms with Crippen molar-refractivity contribution >= 4 is 39.1 Å². The third-order valence-corrected chi connectivity index (χ3v) is 10.0. The van der Waals surface area contributed by atoms with E-state index in [1.54, 1.807) is 6.92 Å². The number of anilines is 1. The van der Waals surface area contributed by atoms with E-state index in [4.69, 9.17) is 21.1 Å². The van der Waals surface area contributed by atoms with Crippen molar-refractivity contribution < 1.29 is 45.8 Å². The van der Waals surface area contributed by atoms with E-state index < -0.39 is 65.5 Å². The number of hydrogen-bond donors (Lipinski definition) is 2. The number of benzene rings is 2. The average molecular weight is 706 g/mol. The largest absolute Gasteiger partial charge is 0.490 e. The van der Waals surface area contributed by atoms with Gasteiger partial charge in [0.25, 0.3) is 5.91 Å². The summed E-state index contributed by atoms with van der Waals surface area (Å²) in [6, 6.07) is 9.43. The molecule has 2 amide bonds. The summed E-state index contributed by atoms with van der Waals surface area (Å²) in [5.74, 6) is -1.62. The Morgan fingerprint density at radius 1 is 1.17 bits per heavy atom. The van der Waals surface area contributed by atoms with Crippen LogP contribution in [0.1, 0.15) is 63.2 Å². The smallest absolute Gasteiger partial charge is 0.389 e. The van der Waals surface area contributed by atoms with Crippen molar-refractivity contribution in [1.29, 1.82) is 0 Å². The molecule has 2 aromatic rings. The van der Waals surface area contributed by atoms with E-state index in [1.165, 1.54) is 58.7 Å². The number of carbonyl (C=O) groups is 2. The van der Waals surface area contributed by atoms with Crippen molar-refractivity contribution in [3.05, 3.63) is 53.1 Å². The summed E-state index contributed by atoms with van der Waals surface area (Å²) >= 11 is 5.94. The van der Waals surface area contributed by atoms with Gasteiger partial charge < -0.3 is 24.8 Å². The van der Waals surface area contributed by atoms with Crippen LogP contribution in [0.5, 0.6) is 5.75 Å². The second-order valence-corrected chi connectivity index (χ2v) is 14.4. The molecule has 2 N–H and O–H groups in total. The minimum absolute atomic E-state index is 0.0220. The van der Waals surface area contributed by atoms with Gasteiger partial charge in [-0.3, -0.25) is 9.59 Å². The molecule has 0 aromatic heterocycles. The van der Waals surface area contributed by atoms with Crippen molar-refractivity contribution in [2.24, 2.45) is 5.92 Å². The Morgan fingerprint density at radius 2 is 1.85 bits per heavy atom. The molecule has 1 aliphatic heterocycles. The zero-order valence-electron chi connectivity index (χ0n) is 26.9. The maximum Gasteiger partial charge on any atom is 0.389 e. The molecule has 1 aliphatic rings. The second kappa shape index (κ2) is 17.0. The predicted molar refractivity (Wildman–Crippen MR) is 172 cm³/mol. The summed E-state index contributed by atoms with van der Waals surface area (Å²) in [5.41, 5.74) is 0.163. The summed E-state index contributed by atoms with van der Waals surface area (Å²) in [6.07, 6.45) is -5.55. The number of aliphatic hydroxyl groups is 1. The molecule has 0 fully saturated rings. The Balaban J connectivity index is 1.94. The molecule has 4 atom stereocenters. The van der Waals surface area contributed by atoms with Gasteiger partial charge in [-0.25, -0.2) is 8.42 Å². The van der Waals surface area contributed by atoms with Crippen molar-refractivity contribution in [2.75, 3.05) is 38.7 Å². The van der Waals surface area contributed by atoms with Crippen molar-refractivity contribution in [2.45, 2.75) is 82.2 Å². The molecule has 0 unspecified atom stereocenters. The number of aliphatic hydroxyl groups excluding tert-OH is 1. The maximum absolute atomic E-state index is 14.2. The highest BCUT2D eigenvalue weighted by Gasteiger charge is 2.33. The van der Waals surface area contributed by atoms with Gasteiger partial charge in [0.15, 0.2) is 0 Å². The van der Waals surface area contributed by atoms with Gasteiger partial charge in [0.2, 0.25) is 15.9 Å². The zero-order valence-corrected chi connectivity index (χ0v) is 28.5. The topological polar surface area (TPSA) is 125 Å². The number of nitrogens with one attached hydrogen (secondary N) is 1. The normalized spacial score (nSPS) is 21.0. The van der Waals surface area contributed by atoms with Gasteiger partial charge in [-0.15, -0.1) is 0 Å². The molecule has 10 nitrogen and oxygen atoms in total. The molecule has 1 heterocycles. The Labute approximate surface area is 279 Å². The Bertz CT molecular complexity index is 1460. The van der Waals surface area contributed by atoms with Gasteiger partial charge in [0.05, 0.1) is 41.7 Å². The fourth-order valence-corrected chi connectivity index (χ4v) is 6.39. The summed E-state index contributed by atoms with van der Waals surface area (Å²) in [7, 11) is -2.45.